The van der Waals surface area contributed by atoms with E-state index in [9.17, 15) is 13.2 Å². The number of halogens is 4. The molecular formula is C12H10ClF3N2. The van der Waals surface area contributed by atoms with Crippen LogP contribution in [0.25, 0.3) is 0 Å². The Kier molecular flexibility index (Phi) is 3.61. The van der Waals surface area contributed by atoms with Crippen LogP contribution >= 0.6 is 11.6 Å². The second kappa shape index (κ2) is 5.02. The Balaban J connectivity index is 2.37. The van der Waals surface area contributed by atoms with Crippen LogP contribution in [0.15, 0.2) is 36.5 Å². The van der Waals surface area contributed by atoms with Gasteiger partial charge in [0.1, 0.15) is 5.69 Å². The molecule has 96 valence electrons. The van der Waals surface area contributed by atoms with Gasteiger partial charge in [-0.2, -0.15) is 18.3 Å². The Morgan fingerprint density at radius 3 is 2.39 bits per heavy atom. The monoisotopic (exact) mass is 274 g/mol. The van der Waals surface area contributed by atoms with Crippen molar-refractivity contribution in [3.05, 3.63) is 53.3 Å². The van der Waals surface area contributed by atoms with Gasteiger partial charge in [-0.25, -0.2) is 0 Å². The van der Waals surface area contributed by atoms with Crippen molar-refractivity contribution in [2.75, 3.05) is 0 Å². The van der Waals surface area contributed by atoms with Crippen molar-refractivity contribution in [3.8, 4) is 0 Å². The van der Waals surface area contributed by atoms with Crippen molar-refractivity contribution in [3.63, 3.8) is 0 Å². The molecule has 18 heavy (non-hydrogen) atoms. The number of benzene rings is 1. The summed E-state index contributed by atoms with van der Waals surface area (Å²) in [6.45, 7) is 0.0760. The highest BCUT2D eigenvalue weighted by Gasteiger charge is 2.37. The molecule has 0 saturated heterocycles. The van der Waals surface area contributed by atoms with Crippen molar-refractivity contribution in [2.45, 2.75) is 18.6 Å². The largest absolute Gasteiger partial charge is 0.433 e. The number of aromatic nitrogens is 2. The van der Waals surface area contributed by atoms with Gasteiger partial charge in [0.05, 0.1) is 18.6 Å². The third kappa shape index (κ3) is 2.67. The maximum Gasteiger partial charge on any atom is 0.433 e. The standard InChI is InChI=1S/C12H10ClF3N2/c13-6-10-7-17-18(11(10)12(14,15)16)8-9-4-2-1-3-5-9/h1-5,7H,6,8H2. The molecule has 0 fully saturated rings. The van der Waals surface area contributed by atoms with E-state index >= 15 is 0 Å². The van der Waals surface area contributed by atoms with Crippen molar-refractivity contribution in [1.29, 1.82) is 0 Å². The van der Waals surface area contributed by atoms with Crippen LogP contribution in [-0.4, -0.2) is 9.78 Å². The van der Waals surface area contributed by atoms with Crippen molar-refractivity contribution in [1.82, 2.24) is 9.78 Å². The third-order valence-electron chi connectivity index (χ3n) is 2.50. The fourth-order valence-corrected chi connectivity index (χ4v) is 1.92. The van der Waals surface area contributed by atoms with Crippen LogP contribution in [0.1, 0.15) is 16.8 Å². The van der Waals surface area contributed by atoms with E-state index in [0.717, 1.165) is 10.2 Å². The maximum atomic E-state index is 12.9. The minimum atomic E-state index is -4.45. The molecule has 2 rings (SSSR count). The van der Waals surface area contributed by atoms with Gasteiger partial charge in [-0.15, -0.1) is 11.6 Å². The Bertz CT molecular complexity index is 520. The predicted molar refractivity (Wildman–Crippen MR) is 62.3 cm³/mol. The summed E-state index contributed by atoms with van der Waals surface area (Å²) in [5.74, 6) is -0.205. The molecule has 6 heteroatoms. The number of nitrogens with zero attached hydrogens (tertiary/aromatic N) is 2. The second-order valence-electron chi connectivity index (χ2n) is 3.79. The topological polar surface area (TPSA) is 17.8 Å². The van der Waals surface area contributed by atoms with E-state index in [1.165, 1.54) is 6.20 Å². The Morgan fingerprint density at radius 2 is 1.83 bits per heavy atom. The lowest BCUT2D eigenvalue weighted by Crippen LogP contribution is -2.17. The summed E-state index contributed by atoms with van der Waals surface area (Å²) in [6.07, 6.45) is -3.28. The highest BCUT2D eigenvalue weighted by molar-refractivity contribution is 6.17. The van der Waals surface area contributed by atoms with Crippen LogP contribution < -0.4 is 0 Å². The number of rotatable bonds is 3. The quantitative estimate of drug-likeness (QED) is 0.781. The van der Waals surface area contributed by atoms with Crippen LogP contribution in [0.3, 0.4) is 0 Å². The Labute approximate surface area is 107 Å². The van der Waals surface area contributed by atoms with Crippen molar-refractivity contribution >= 4 is 11.6 Å². The van der Waals surface area contributed by atoms with E-state index in [1.54, 1.807) is 30.3 Å². The van der Waals surface area contributed by atoms with E-state index in [1.807, 2.05) is 0 Å². The molecule has 1 aromatic heterocycles. The van der Waals surface area contributed by atoms with Gasteiger partial charge in [-0.1, -0.05) is 30.3 Å². The van der Waals surface area contributed by atoms with Crippen LogP contribution in [0.4, 0.5) is 13.2 Å². The van der Waals surface area contributed by atoms with Gasteiger partial charge in [0.2, 0.25) is 0 Å². The van der Waals surface area contributed by atoms with Gasteiger partial charge in [0, 0.05) is 5.56 Å². The smallest absolute Gasteiger partial charge is 0.256 e. The molecule has 0 amide bonds. The summed E-state index contributed by atoms with van der Waals surface area (Å²) >= 11 is 5.50. The lowest BCUT2D eigenvalue weighted by atomic mass is 10.2. The highest BCUT2D eigenvalue weighted by Crippen LogP contribution is 2.33. The summed E-state index contributed by atoms with van der Waals surface area (Å²) in [7, 11) is 0. The first-order chi connectivity index (χ1) is 8.52. The fraction of sp³-hybridized carbons (Fsp3) is 0.250. The van der Waals surface area contributed by atoms with Gasteiger partial charge >= 0.3 is 6.18 Å². The molecule has 0 spiro atoms. The average Bonchev–Trinajstić information content (AvgIpc) is 2.73. The molecule has 0 unspecified atom stereocenters. The van der Waals surface area contributed by atoms with Gasteiger partial charge in [-0.05, 0) is 5.56 Å². The average molecular weight is 275 g/mol. The zero-order chi connectivity index (χ0) is 13.2. The van der Waals surface area contributed by atoms with Crippen molar-refractivity contribution < 1.29 is 13.2 Å². The minimum absolute atomic E-state index is 0.0000905. The first-order valence-electron chi connectivity index (χ1n) is 5.24. The molecule has 0 bridgehead atoms. The summed E-state index contributed by atoms with van der Waals surface area (Å²) < 4.78 is 39.7. The molecule has 2 aromatic rings. The molecule has 1 aromatic carbocycles. The lowest BCUT2D eigenvalue weighted by Gasteiger charge is -2.12. The SMILES string of the molecule is FC(F)(F)c1c(CCl)cnn1Cc1ccccc1. The molecule has 0 aliphatic heterocycles. The van der Waals surface area contributed by atoms with Crippen LogP contribution in [0, 0.1) is 0 Å². The van der Waals surface area contributed by atoms with Gasteiger partial charge < -0.3 is 0 Å². The van der Waals surface area contributed by atoms with Gasteiger partial charge in [-0.3, -0.25) is 4.68 Å². The zero-order valence-electron chi connectivity index (χ0n) is 9.28. The molecular weight excluding hydrogens is 265 g/mol. The first kappa shape index (κ1) is 13.0. The molecule has 0 radical (unpaired) electrons. The lowest BCUT2D eigenvalue weighted by molar-refractivity contribution is -0.144. The molecule has 0 atom stereocenters. The maximum absolute atomic E-state index is 12.9. The molecule has 0 aliphatic rings. The van der Waals surface area contributed by atoms with Gasteiger partial charge in [0.25, 0.3) is 0 Å². The Morgan fingerprint density at radius 1 is 1.17 bits per heavy atom. The number of alkyl halides is 4. The molecule has 0 N–H and O–H groups in total. The molecule has 2 nitrogen and oxygen atoms in total. The van der Waals surface area contributed by atoms with E-state index in [0.29, 0.717) is 0 Å². The minimum Gasteiger partial charge on any atom is -0.256 e. The summed E-state index contributed by atoms with van der Waals surface area (Å²) in [4.78, 5) is 0. The Hall–Kier alpha value is -1.49. The van der Waals surface area contributed by atoms with Crippen LogP contribution in [-0.2, 0) is 18.6 Å². The number of hydrogen-bond donors (Lipinski definition) is 0. The summed E-state index contributed by atoms with van der Waals surface area (Å²) in [5, 5.41) is 3.76. The van der Waals surface area contributed by atoms with E-state index in [2.05, 4.69) is 5.10 Å². The fourth-order valence-electron chi connectivity index (χ4n) is 1.73. The van der Waals surface area contributed by atoms with Gasteiger partial charge in [0.15, 0.2) is 0 Å². The highest BCUT2D eigenvalue weighted by atomic mass is 35.5. The normalized spacial score (nSPS) is 11.8. The third-order valence-corrected chi connectivity index (χ3v) is 2.79. The summed E-state index contributed by atoms with van der Waals surface area (Å²) in [6, 6.07) is 8.86. The summed E-state index contributed by atoms with van der Waals surface area (Å²) in [5.41, 5.74) is -0.0197. The van der Waals surface area contributed by atoms with Crippen LogP contribution in [0.2, 0.25) is 0 Å². The van der Waals surface area contributed by atoms with Crippen LogP contribution in [0.5, 0.6) is 0 Å². The van der Waals surface area contributed by atoms with E-state index in [4.69, 9.17) is 11.6 Å². The molecule has 0 saturated carbocycles. The molecule has 0 aliphatic carbocycles. The zero-order valence-corrected chi connectivity index (χ0v) is 10.0. The second-order valence-corrected chi connectivity index (χ2v) is 4.06. The van der Waals surface area contributed by atoms with E-state index < -0.39 is 11.9 Å². The predicted octanol–water partition coefficient (Wildman–Crippen LogP) is 3.69. The first-order valence-corrected chi connectivity index (χ1v) is 5.77. The number of hydrogen-bond acceptors (Lipinski definition) is 1. The van der Waals surface area contributed by atoms with Crippen molar-refractivity contribution in [2.24, 2.45) is 0 Å². The van der Waals surface area contributed by atoms with E-state index in [-0.39, 0.29) is 18.0 Å². The molecule has 1 heterocycles.